The van der Waals surface area contributed by atoms with Crippen molar-refractivity contribution in [2.45, 2.75) is 33.2 Å². The van der Waals surface area contributed by atoms with Gasteiger partial charge in [-0.2, -0.15) is 0 Å². The third-order valence-electron chi connectivity index (χ3n) is 4.34. The van der Waals surface area contributed by atoms with Gasteiger partial charge in [0.25, 0.3) is 5.91 Å². The van der Waals surface area contributed by atoms with E-state index in [2.05, 4.69) is 32.5 Å². The molecule has 0 unspecified atom stereocenters. The first kappa shape index (κ1) is 21.6. The molecule has 0 bridgehead atoms. The fourth-order valence-electron chi connectivity index (χ4n) is 2.86. The van der Waals surface area contributed by atoms with Gasteiger partial charge in [0, 0.05) is 51.2 Å². The number of amides is 1. The molecule has 0 saturated heterocycles. The van der Waals surface area contributed by atoms with Gasteiger partial charge in [0.05, 0.1) is 12.2 Å². The smallest absolute Gasteiger partial charge is 0.251 e. The molecular weight excluding hydrogens is 354 g/mol. The molecule has 0 saturated carbocycles. The Labute approximate surface area is 167 Å². The van der Waals surface area contributed by atoms with Crippen molar-refractivity contribution in [3.63, 3.8) is 0 Å². The van der Waals surface area contributed by atoms with E-state index in [1.807, 2.05) is 44.2 Å². The third kappa shape index (κ3) is 6.81. The number of ether oxygens (including phenoxy) is 1. The summed E-state index contributed by atoms with van der Waals surface area (Å²) >= 11 is 0. The Kier molecular flexibility index (Phi) is 8.68. The summed E-state index contributed by atoms with van der Waals surface area (Å²) in [5, 5.41) is 6.10. The Morgan fingerprint density at radius 3 is 2.61 bits per heavy atom. The van der Waals surface area contributed by atoms with Crippen LogP contribution in [0.5, 0.6) is 0 Å². The predicted octanol–water partition coefficient (Wildman–Crippen LogP) is 3.01. The van der Waals surface area contributed by atoms with Crippen LogP contribution in [0.15, 0.2) is 30.3 Å². The number of anilines is 2. The molecule has 2 rings (SSSR count). The van der Waals surface area contributed by atoms with Crippen molar-refractivity contribution in [2.24, 2.45) is 0 Å². The van der Waals surface area contributed by atoms with Crippen LogP contribution < -0.4 is 15.5 Å². The molecular formula is C21H31N5O2. The Morgan fingerprint density at radius 2 is 1.93 bits per heavy atom. The second-order valence-corrected chi connectivity index (χ2v) is 6.67. The number of nitrogens with one attached hydrogen (secondary N) is 2. The van der Waals surface area contributed by atoms with Crippen LogP contribution in [0.2, 0.25) is 0 Å². The minimum absolute atomic E-state index is 0.115. The topological polar surface area (TPSA) is 79.4 Å². The van der Waals surface area contributed by atoms with Crippen LogP contribution in [0, 0.1) is 6.92 Å². The largest absolute Gasteiger partial charge is 0.385 e. The van der Waals surface area contributed by atoms with Crippen LogP contribution >= 0.6 is 0 Å². The maximum atomic E-state index is 12.4. The first-order valence-electron chi connectivity index (χ1n) is 9.70. The van der Waals surface area contributed by atoms with Gasteiger partial charge in [-0.25, -0.2) is 9.97 Å². The second kappa shape index (κ2) is 11.2. The van der Waals surface area contributed by atoms with Crippen LogP contribution in [-0.2, 0) is 11.3 Å². The monoisotopic (exact) mass is 385 g/mol. The first-order chi connectivity index (χ1) is 13.5. The van der Waals surface area contributed by atoms with Gasteiger partial charge in [-0.1, -0.05) is 0 Å². The SMILES string of the molecule is CCNc1cc(CNC(=O)c2ccc(N(C)CCCCOC)cc2)nc(C)n1. The van der Waals surface area contributed by atoms with Crippen LogP contribution in [0.3, 0.4) is 0 Å². The molecule has 0 atom stereocenters. The van der Waals surface area contributed by atoms with Gasteiger partial charge < -0.3 is 20.3 Å². The molecule has 0 spiro atoms. The molecule has 1 aromatic carbocycles. The van der Waals surface area contributed by atoms with Gasteiger partial charge in [-0.15, -0.1) is 0 Å². The number of aromatic nitrogens is 2. The van der Waals surface area contributed by atoms with Crippen LogP contribution in [0.1, 0.15) is 41.6 Å². The summed E-state index contributed by atoms with van der Waals surface area (Å²) in [4.78, 5) is 23.3. The molecule has 152 valence electrons. The highest BCUT2D eigenvalue weighted by molar-refractivity contribution is 5.94. The number of carbonyl (C=O) groups excluding carboxylic acids is 1. The molecule has 0 aliphatic heterocycles. The summed E-state index contributed by atoms with van der Waals surface area (Å²) in [6, 6.07) is 9.52. The molecule has 28 heavy (non-hydrogen) atoms. The minimum Gasteiger partial charge on any atom is -0.385 e. The van der Waals surface area contributed by atoms with Crippen molar-refractivity contribution in [1.29, 1.82) is 0 Å². The molecule has 1 aromatic heterocycles. The standard InChI is InChI=1S/C21H31N5O2/c1-5-22-20-14-18(24-16(2)25-20)15-23-21(27)17-8-10-19(11-9-17)26(3)12-6-7-13-28-4/h8-11,14H,5-7,12-13,15H2,1-4H3,(H,23,27)(H,22,24,25). The molecule has 2 aromatic rings. The zero-order valence-electron chi connectivity index (χ0n) is 17.3. The van der Waals surface area contributed by atoms with Crippen molar-refractivity contribution in [1.82, 2.24) is 15.3 Å². The highest BCUT2D eigenvalue weighted by atomic mass is 16.5. The summed E-state index contributed by atoms with van der Waals surface area (Å²) in [5.74, 6) is 1.34. The van der Waals surface area contributed by atoms with Gasteiger partial charge in [-0.3, -0.25) is 4.79 Å². The Bertz CT molecular complexity index is 749. The maximum Gasteiger partial charge on any atom is 0.251 e. The predicted molar refractivity (Wildman–Crippen MR) is 113 cm³/mol. The van der Waals surface area contributed by atoms with Crippen LogP contribution in [0.4, 0.5) is 11.5 Å². The average Bonchev–Trinajstić information content (AvgIpc) is 2.69. The number of unbranched alkanes of at least 4 members (excludes halogenated alkanes) is 1. The highest BCUT2D eigenvalue weighted by Gasteiger charge is 2.08. The molecule has 7 heteroatoms. The lowest BCUT2D eigenvalue weighted by Crippen LogP contribution is -2.24. The number of hydrogen-bond acceptors (Lipinski definition) is 6. The summed E-state index contributed by atoms with van der Waals surface area (Å²) in [6.45, 7) is 6.75. The Hall–Kier alpha value is -2.67. The van der Waals surface area contributed by atoms with Gasteiger partial charge in [0.2, 0.25) is 0 Å². The van der Waals surface area contributed by atoms with E-state index < -0.39 is 0 Å². The molecule has 7 nitrogen and oxygen atoms in total. The third-order valence-corrected chi connectivity index (χ3v) is 4.34. The highest BCUT2D eigenvalue weighted by Crippen LogP contribution is 2.15. The average molecular weight is 386 g/mol. The number of methoxy groups -OCH3 is 1. The maximum absolute atomic E-state index is 12.4. The van der Waals surface area contributed by atoms with E-state index in [9.17, 15) is 4.79 Å². The zero-order chi connectivity index (χ0) is 20.4. The number of aryl methyl sites for hydroxylation is 1. The fraction of sp³-hybridized carbons (Fsp3) is 0.476. The number of hydrogen-bond donors (Lipinski definition) is 2. The molecule has 1 amide bonds. The Balaban J connectivity index is 1.89. The summed E-state index contributed by atoms with van der Waals surface area (Å²) < 4.78 is 5.08. The van der Waals surface area contributed by atoms with Gasteiger partial charge in [0.15, 0.2) is 0 Å². The van der Waals surface area contributed by atoms with Crippen LogP contribution in [-0.4, -0.2) is 49.7 Å². The minimum atomic E-state index is -0.115. The molecule has 0 aliphatic carbocycles. The fourth-order valence-corrected chi connectivity index (χ4v) is 2.86. The molecule has 0 fully saturated rings. The van der Waals surface area contributed by atoms with Crippen LogP contribution in [0.25, 0.3) is 0 Å². The molecule has 0 aliphatic rings. The zero-order valence-corrected chi connectivity index (χ0v) is 17.3. The lowest BCUT2D eigenvalue weighted by molar-refractivity contribution is 0.0950. The summed E-state index contributed by atoms with van der Waals surface area (Å²) in [7, 11) is 3.78. The lowest BCUT2D eigenvalue weighted by Gasteiger charge is -2.19. The first-order valence-corrected chi connectivity index (χ1v) is 9.70. The number of benzene rings is 1. The molecule has 1 heterocycles. The van der Waals surface area contributed by atoms with E-state index >= 15 is 0 Å². The van der Waals surface area contributed by atoms with Crippen molar-refractivity contribution in [3.8, 4) is 0 Å². The number of carbonyl (C=O) groups is 1. The summed E-state index contributed by atoms with van der Waals surface area (Å²) in [5.41, 5.74) is 2.51. The second-order valence-electron chi connectivity index (χ2n) is 6.67. The van der Waals surface area contributed by atoms with E-state index in [1.165, 1.54) is 0 Å². The van der Waals surface area contributed by atoms with Crippen molar-refractivity contribution in [3.05, 3.63) is 47.4 Å². The van der Waals surface area contributed by atoms with E-state index in [0.717, 1.165) is 49.7 Å². The van der Waals surface area contributed by atoms with Crippen molar-refractivity contribution < 1.29 is 9.53 Å². The Morgan fingerprint density at radius 1 is 1.18 bits per heavy atom. The van der Waals surface area contributed by atoms with Gasteiger partial charge >= 0.3 is 0 Å². The normalized spacial score (nSPS) is 10.6. The van der Waals surface area contributed by atoms with Crippen molar-refractivity contribution in [2.75, 3.05) is 44.1 Å². The molecule has 0 radical (unpaired) electrons. The number of nitrogens with zero attached hydrogens (tertiary/aromatic N) is 3. The van der Waals surface area contributed by atoms with Crippen molar-refractivity contribution >= 4 is 17.4 Å². The lowest BCUT2D eigenvalue weighted by atomic mass is 10.1. The quantitative estimate of drug-likeness (QED) is 0.579. The van der Waals surface area contributed by atoms with Gasteiger partial charge in [-0.05, 0) is 51.0 Å². The molecule has 2 N–H and O–H groups in total. The van der Waals surface area contributed by atoms with E-state index in [1.54, 1.807) is 7.11 Å². The van der Waals surface area contributed by atoms with E-state index in [0.29, 0.717) is 17.9 Å². The van der Waals surface area contributed by atoms with E-state index in [4.69, 9.17) is 4.74 Å². The van der Waals surface area contributed by atoms with E-state index in [-0.39, 0.29) is 5.91 Å². The number of rotatable bonds is 11. The van der Waals surface area contributed by atoms with Gasteiger partial charge in [0.1, 0.15) is 11.6 Å². The summed E-state index contributed by atoms with van der Waals surface area (Å²) in [6.07, 6.45) is 2.11.